The molecule has 1 saturated carbocycles. The van der Waals surface area contributed by atoms with Crippen LogP contribution in [0.25, 0.3) is 0 Å². The van der Waals surface area contributed by atoms with E-state index in [1.165, 1.54) is 6.26 Å². The highest BCUT2D eigenvalue weighted by molar-refractivity contribution is 5.92. The third kappa shape index (κ3) is 1.82. The van der Waals surface area contributed by atoms with Gasteiger partial charge in [-0.1, -0.05) is 35.5 Å². The molecule has 2 aromatic rings. The Labute approximate surface area is 98.6 Å². The number of aromatic nitrogens is 1. The Kier molecular flexibility index (Phi) is 2.21. The number of nitrogens with one attached hydrogen (secondary N) is 1. The molecular formula is C13H12N2O2. The Morgan fingerprint density at radius 1 is 1.24 bits per heavy atom. The van der Waals surface area contributed by atoms with Gasteiger partial charge >= 0.3 is 0 Å². The van der Waals surface area contributed by atoms with Gasteiger partial charge in [-0.3, -0.25) is 4.79 Å². The van der Waals surface area contributed by atoms with Gasteiger partial charge in [-0.2, -0.15) is 0 Å². The lowest BCUT2D eigenvalue weighted by Gasteiger charge is -2.16. The summed E-state index contributed by atoms with van der Waals surface area (Å²) in [5.74, 6) is -0.180. The molecule has 0 atom stereocenters. The van der Waals surface area contributed by atoms with Gasteiger partial charge in [-0.25, -0.2) is 0 Å². The van der Waals surface area contributed by atoms with Gasteiger partial charge < -0.3 is 9.84 Å². The standard InChI is InChI=1S/C13H12N2O2/c16-12(11-6-9-17-15-11)14-13(7-8-13)10-4-2-1-3-5-10/h1-6,9H,7-8H2,(H,14,16). The summed E-state index contributed by atoms with van der Waals surface area (Å²) in [6.45, 7) is 0. The number of hydrogen-bond acceptors (Lipinski definition) is 3. The Bertz CT molecular complexity index is 516. The zero-order chi connectivity index (χ0) is 11.7. The number of nitrogens with zero attached hydrogens (tertiary/aromatic N) is 1. The normalized spacial score (nSPS) is 16.5. The summed E-state index contributed by atoms with van der Waals surface area (Å²) in [5, 5.41) is 6.66. The smallest absolute Gasteiger partial charge is 0.274 e. The van der Waals surface area contributed by atoms with Crippen LogP contribution in [-0.2, 0) is 5.54 Å². The zero-order valence-corrected chi connectivity index (χ0v) is 9.22. The maximum atomic E-state index is 11.9. The fourth-order valence-corrected chi connectivity index (χ4v) is 1.98. The summed E-state index contributed by atoms with van der Waals surface area (Å²) in [7, 11) is 0. The first kappa shape index (κ1) is 10.1. The summed E-state index contributed by atoms with van der Waals surface area (Å²) >= 11 is 0. The molecule has 1 fully saturated rings. The molecule has 0 radical (unpaired) electrons. The van der Waals surface area contributed by atoms with Crippen molar-refractivity contribution in [3.63, 3.8) is 0 Å². The van der Waals surface area contributed by atoms with Gasteiger partial charge in [-0.15, -0.1) is 0 Å². The number of hydrogen-bond donors (Lipinski definition) is 1. The second kappa shape index (κ2) is 3.73. The van der Waals surface area contributed by atoms with Crippen molar-refractivity contribution >= 4 is 5.91 Å². The van der Waals surface area contributed by atoms with Crippen LogP contribution in [0.4, 0.5) is 0 Å². The summed E-state index contributed by atoms with van der Waals surface area (Å²) in [6.07, 6.45) is 3.35. The molecule has 1 aliphatic carbocycles. The van der Waals surface area contributed by atoms with Crippen molar-refractivity contribution in [1.82, 2.24) is 10.5 Å². The molecular weight excluding hydrogens is 216 g/mol. The molecule has 17 heavy (non-hydrogen) atoms. The predicted molar refractivity (Wildman–Crippen MR) is 61.3 cm³/mol. The minimum atomic E-state index is -0.197. The van der Waals surface area contributed by atoms with Crippen LogP contribution in [0, 0.1) is 0 Å². The molecule has 86 valence electrons. The number of amides is 1. The summed E-state index contributed by atoms with van der Waals surface area (Å²) in [4.78, 5) is 11.9. The molecule has 1 amide bonds. The topological polar surface area (TPSA) is 55.1 Å². The Balaban J connectivity index is 1.80. The molecule has 1 N–H and O–H groups in total. The Morgan fingerprint density at radius 3 is 2.59 bits per heavy atom. The van der Waals surface area contributed by atoms with Crippen LogP contribution in [-0.4, -0.2) is 11.1 Å². The van der Waals surface area contributed by atoms with Crippen molar-refractivity contribution < 1.29 is 9.32 Å². The fraction of sp³-hybridized carbons (Fsp3) is 0.231. The summed E-state index contributed by atoms with van der Waals surface area (Å²) < 4.78 is 4.67. The van der Waals surface area contributed by atoms with Gasteiger partial charge in [-0.05, 0) is 18.4 Å². The first-order chi connectivity index (χ1) is 8.30. The highest BCUT2D eigenvalue weighted by Crippen LogP contribution is 2.45. The highest BCUT2D eigenvalue weighted by atomic mass is 16.5. The molecule has 4 nitrogen and oxygen atoms in total. The van der Waals surface area contributed by atoms with Crippen LogP contribution in [0.3, 0.4) is 0 Å². The van der Waals surface area contributed by atoms with Crippen LogP contribution in [0.5, 0.6) is 0 Å². The van der Waals surface area contributed by atoms with Crippen molar-refractivity contribution in [3.8, 4) is 0 Å². The number of rotatable bonds is 3. The minimum Gasteiger partial charge on any atom is -0.364 e. The van der Waals surface area contributed by atoms with E-state index in [0.717, 1.165) is 18.4 Å². The number of carbonyl (C=O) groups is 1. The quantitative estimate of drug-likeness (QED) is 0.875. The molecule has 1 aromatic carbocycles. The van der Waals surface area contributed by atoms with Crippen molar-refractivity contribution in [2.24, 2.45) is 0 Å². The van der Waals surface area contributed by atoms with Crippen molar-refractivity contribution in [1.29, 1.82) is 0 Å². The SMILES string of the molecule is O=C(NC1(c2ccccc2)CC1)c1ccon1. The molecule has 0 aliphatic heterocycles. The van der Waals surface area contributed by atoms with E-state index in [9.17, 15) is 4.79 Å². The first-order valence-electron chi connectivity index (χ1n) is 5.59. The average Bonchev–Trinajstić information content (AvgIpc) is 2.94. The van der Waals surface area contributed by atoms with Crippen molar-refractivity contribution in [2.45, 2.75) is 18.4 Å². The van der Waals surface area contributed by atoms with Crippen LogP contribution < -0.4 is 5.32 Å². The Morgan fingerprint density at radius 2 is 2.00 bits per heavy atom. The number of benzene rings is 1. The molecule has 1 aromatic heterocycles. The first-order valence-corrected chi connectivity index (χ1v) is 5.59. The van der Waals surface area contributed by atoms with Gasteiger partial charge in [0.25, 0.3) is 5.91 Å². The molecule has 0 saturated heterocycles. The van der Waals surface area contributed by atoms with E-state index < -0.39 is 0 Å². The minimum absolute atomic E-state index is 0.180. The van der Waals surface area contributed by atoms with Gasteiger partial charge in [0.2, 0.25) is 0 Å². The molecule has 1 aliphatic rings. The molecule has 3 rings (SSSR count). The molecule has 0 spiro atoms. The molecule has 4 heteroatoms. The second-order valence-electron chi connectivity index (χ2n) is 4.29. The predicted octanol–water partition coefficient (Wildman–Crippen LogP) is 2.09. The Hall–Kier alpha value is -2.10. The monoisotopic (exact) mass is 228 g/mol. The maximum Gasteiger partial charge on any atom is 0.274 e. The van der Waals surface area contributed by atoms with Gasteiger partial charge in [0, 0.05) is 6.07 Å². The van der Waals surface area contributed by atoms with Gasteiger partial charge in [0.15, 0.2) is 5.69 Å². The average molecular weight is 228 g/mol. The fourth-order valence-electron chi connectivity index (χ4n) is 1.98. The van der Waals surface area contributed by atoms with Gasteiger partial charge in [0.05, 0.1) is 5.54 Å². The van der Waals surface area contributed by atoms with Crippen LogP contribution in [0.2, 0.25) is 0 Å². The summed E-state index contributed by atoms with van der Waals surface area (Å²) in [5.41, 5.74) is 1.28. The van der Waals surface area contributed by atoms with E-state index >= 15 is 0 Å². The van der Waals surface area contributed by atoms with E-state index in [4.69, 9.17) is 0 Å². The lowest BCUT2D eigenvalue weighted by atomic mass is 10.1. The number of carbonyl (C=O) groups excluding carboxylic acids is 1. The van der Waals surface area contributed by atoms with Crippen LogP contribution >= 0.6 is 0 Å². The highest BCUT2D eigenvalue weighted by Gasteiger charge is 2.45. The molecule has 0 bridgehead atoms. The zero-order valence-electron chi connectivity index (χ0n) is 9.22. The second-order valence-corrected chi connectivity index (χ2v) is 4.29. The van der Waals surface area contributed by atoms with E-state index in [1.807, 2.05) is 30.3 Å². The lowest BCUT2D eigenvalue weighted by molar-refractivity contribution is 0.0921. The van der Waals surface area contributed by atoms with E-state index in [-0.39, 0.29) is 11.4 Å². The maximum absolute atomic E-state index is 11.9. The van der Waals surface area contributed by atoms with E-state index in [2.05, 4.69) is 15.0 Å². The third-order valence-electron chi connectivity index (χ3n) is 3.10. The van der Waals surface area contributed by atoms with Crippen LogP contribution in [0.15, 0.2) is 47.2 Å². The van der Waals surface area contributed by atoms with Crippen molar-refractivity contribution in [2.75, 3.05) is 0 Å². The van der Waals surface area contributed by atoms with Crippen LogP contribution in [0.1, 0.15) is 28.9 Å². The lowest BCUT2D eigenvalue weighted by Crippen LogP contribution is -2.34. The van der Waals surface area contributed by atoms with Crippen molar-refractivity contribution in [3.05, 3.63) is 53.9 Å². The van der Waals surface area contributed by atoms with E-state index in [1.54, 1.807) is 6.07 Å². The van der Waals surface area contributed by atoms with E-state index in [0.29, 0.717) is 5.69 Å². The van der Waals surface area contributed by atoms with Gasteiger partial charge in [0.1, 0.15) is 6.26 Å². The third-order valence-corrected chi connectivity index (χ3v) is 3.10. The summed E-state index contributed by atoms with van der Waals surface area (Å²) in [6, 6.07) is 11.6. The largest absolute Gasteiger partial charge is 0.364 e. The molecule has 0 unspecified atom stereocenters. The molecule has 1 heterocycles.